The Morgan fingerprint density at radius 3 is 2.71 bits per heavy atom. The van der Waals surface area contributed by atoms with Gasteiger partial charge in [0.25, 0.3) is 0 Å². The van der Waals surface area contributed by atoms with Crippen molar-refractivity contribution < 1.29 is 5.11 Å². The first kappa shape index (κ1) is 9.70. The summed E-state index contributed by atoms with van der Waals surface area (Å²) in [6, 6.07) is 7.64. The van der Waals surface area contributed by atoms with Crippen LogP contribution in [0.2, 0.25) is 0 Å². The lowest BCUT2D eigenvalue weighted by Gasteiger charge is -2.14. The Bertz CT molecular complexity index is 404. The summed E-state index contributed by atoms with van der Waals surface area (Å²) in [5.74, 6) is 0. The van der Waals surface area contributed by atoms with Crippen LogP contribution in [0.25, 0.3) is 0 Å². The van der Waals surface area contributed by atoms with E-state index in [0.29, 0.717) is 5.56 Å². The highest BCUT2D eigenvalue weighted by Gasteiger charge is 2.44. The number of hydrogen-bond donors (Lipinski definition) is 1. The highest BCUT2D eigenvalue weighted by Crippen LogP contribution is 2.50. The predicted octanol–water partition coefficient (Wildman–Crippen LogP) is 2.34. The molecule has 1 aromatic rings. The van der Waals surface area contributed by atoms with E-state index >= 15 is 0 Å². The van der Waals surface area contributed by atoms with E-state index in [2.05, 4.69) is 22.0 Å². The number of benzene rings is 1. The largest absolute Gasteiger partial charge is 0.395 e. The van der Waals surface area contributed by atoms with E-state index in [9.17, 15) is 5.11 Å². The molecule has 2 nitrogen and oxygen atoms in total. The van der Waals surface area contributed by atoms with Gasteiger partial charge in [0.1, 0.15) is 0 Å². The van der Waals surface area contributed by atoms with E-state index < -0.39 is 0 Å². The molecule has 0 amide bonds. The molecule has 3 heteroatoms. The molecule has 1 N–H and O–H groups in total. The van der Waals surface area contributed by atoms with Crippen molar-refractivity contribution in [1.29, 1.82) is 5.26 Å². The van der Waals surface area contributed by atoms with Gasteiger partial charge in [-0.25, -0.2) is 0 Å². The van der Waals surface area contributed by atoms with Crippen molar-refractivity contribution in [3.8, 4) is 6.07 Å². The van der Waals surface area contributed by atoms with Crippen LogP contribution in [0.5, 0.6) is 0 Å². The van der Waals surface area contributed by atoms with Gasteiger partial charge in [-0.1, -0.05) is 15.9 Å². The Hall–Kier alpha value is -0.850. The molecule has 0 aromatic heterocycles. The molecule has 0 heterocycles. The zero-order valence-corrected chi connectivity index (χ0v) is 9.21. The maximum Gasteiger partial charge on any atom is 0.0991 e. The fraction of sp³-hybridized carbons (Fsp3) is 0.364. The highest BCUT2D eigenvalue weighted by molar-refractivity contribution is 9.10. The maximum absolute atomic E-state index is 9.29. The summed E-state index contributed by atoms with van der Waals surface area (Å²) >= 11 is 3.46. The van der Waals surface area contributed by atoms with Gasteiger partial charge in [0, 0.05) is 9.89 Å². The first-order chi connectivity index (χ1) is 6.72. The molecule has 2 rings (SSSR count). The van der Waals surface area contributed by atoms with Crippen LogP contribution in [0.3, 0.4) is 0 Å². The van der Waals surface area contributed by atoms with Crippen molar-refractivity contribution in [3.05, 3.63) is 33.8 Å². The van der Waals surface area contributed by atoms with Gasteiger partial charge >= 0.3 is 0 Å². The molecule has 0 radical (unpaired) electrons. The fourth-order valence-electron chi connectivity index (χ4n) is 1.66. The molecule has 1 fully saturated rings. The van der Waals surface area contributed by atoms with E-state index in [1.807, 2.05) is 12.1 Å². The standard InChI is InChI=1S/C11H10BrNO/c12-10-2-1-8(6-13)5-9(10)11(7-14)3-4-11/h1-2,5,14H,3-4,7H2. The van der Waals surface area contributed by atoms with Crippen LogP contribution in [-0.4, -0.2) is 11.7 Å². The van der Waals surface area contributed by atoms with Crippen molar-refractivity contribution in [3.63, 3.8) is 0 Å². The zero-order chi connectivity index (χ0) is 10.2. The third kappa shape index (κ3) is 1.45. The van der Waals surface area contributed by atoms with Gasteiger partial charge < -0.3 is 5.11 Å². The number of hydrogen-bond acceptors (Lipinski definition) is 2. The van der Waals surface area contributed by atoms with Crippen molar-refractivity contribution in [2.75, 3.05) is 6.61 Å². The molecule has 14 heavy (non-hydrogen) atoms. The summed E-state index contributed by atoms with van der Waals surface area (Å²) in [7, 11) is 0. The quantitative estimate of drug-likeness (QED) is 0.877. The molecule has 72 valence electrons. The predicted molar refractivity (Wildman–Crippen MR) is 56.9 cm³/mol. The van der Waals surface area contributed by atoms with Crippen molar-refractivity contribution in [2.45, 2.75) is 18.3 Å². The maximum atomic E-state index is 9.29. The first-order valence-corrected chi connectivity index (χ1v) is 5.32. The smallest absolute Gasteiger partial charge is 0.0991 e. The van der Waals surface area contributed by atoms with Gasteiger partial charge in [0.05, 0.1) is 18.2 Å². The van der Waals surface area contributed by atoms with Crippen LogP contribution in [0.1, 0.15) is 24.0 Å². The molecule has 0 bridgehead atoms. The van der Waals surface area contributed by atoms with Crippen molar-refractivity contribution in [2.24, 2.45) is 0 Å². The molecular formula is C11H10BrNO. The minimum absolute atomic E-state index is 0.0777. The second-order valence-corrected chi connectivity index (χ2v) is 4.60. The minimum atomic E-state index is -0.0777. The van der Waals surface area contributed by atoms with Gasteiger partial charge in [-0.15, -0.1) is 0 Å². The molecule has 0 unspecified atom stereocenters. The normalized spacial score (nSPS) is 17.5. The average molecular weight is 252 g/mol. The van der Waals surface area contributed by atoms with E-state index in [1.54, 1.807) is 6.07 Å². The van der Waals surface area contributed by atoms with Crippen molar-refractivity contribution in [1.82, 2.24) is 0 Å². The van der Waals surface area contributed by atoms with Crippen LogP contribution in [0.15, 0.2) is 22.7 Å². The van der Waals surface area contributed by atoms with Crippen LogP contribution in [0.4, 0.5) is 0 Å². The fourth-order valence-corrected chi connectivity index (χ4v) is 2.33. The van der Waals surface area contributed by atoms with Gasteiger partial charge in [-0.05, 0) is 36.6 Å². The summed E-state index contributed by atoms with van der Waals surface area (Å²) < 4.78 is 0.989. The van der Waals surface area contributed by atoms with Crippen LogP contribution >= 0.6 is 15.9 Å². The Labute approximate surface area is 91.3 Å². The monoisotopic (exact) mass is 251 g/mol. The number of aliphatic hydroxyl groups is 1. The first-order valence-electron chi connectivity index (χ1n) is 4.53. The third-order valence-corrected chi connectivity index (χ3v) is 3.51. The third-order valence-electron chi connectivity index (χ3n) is 2.82. The lowest BCUT2D eigenvalue weighted by atomic mass is 9.95. The molecule has 0 aliphatic heterocycles. The lowest BCUT2D eigenvalue weighted by molar-refractivity contribution is 0.254. The summed E-state index contributed by atoms with van der Waals surface area (Å²) in [6.45, 7) is 0.167. The number of rotatable bonds is 2. The molecule has 0 atom stereocenters. The van der Waals surface area contributed by atoms with Crippen molar-refractivity contribution >= 4 is 15.9 Å². The zero-order valence-electron chi connectivity index (χ0n) is 7.63. The Morgan fingerprint density at radius 1 is 1.50 bits per heavy atom. The molecule has 1 aromatic carbocycles. The number of nitrogens with zero attached hydrogens (tertiary/aromatic N) is 1. The molecule has 1 saturated carbocycles. The van der Waals surface area contributed by atoms with E-state index in [-0.39, 0.29) is 12.0 Å². The molecule has 0 saturated heterocycles. The lowest BCUT2D eigenvalue weighted by Crippen LogP contribution is -2.12. The number of halogens is 1. The summed E-state index contributed by atoms with van der Waals surface area (Å²) in [6.07, 6.45) is 2.02. The second kappa shape index (κ2) is 3.38. The Balaban J connectivity index is 2.47. The highest BCUT2D eigenvalue weighted by atomic mass is 79.9. The SMILES string of the molecule is N#Cc1ccc(Br)c(C2(CO)CC2)c1. The van der Waals surface area contributed by atoms with E-state index in [0.717, 1.165) is 22.9 Å². The van der Waals surface area contributed by atoms with Gasteiger partial charge in [0.15, 0.2) is 0 Å². The summed E-state index contributed by atoms with van der Waals surface area (Å²) in [5, 5.41) is 18.1. The van der Waals surface area contributed by atoms with E-state index in [1.165, 1.54) is 0 Å². The Kier molecular flexibility index (Phi) is 2.34. The molecule has 1 aliphatic rings. The molecule has 0 spiro atoms. The van der Waals surface area contributed by atoms with Gasteiger partial charge in [-0.3, -0.25) is 0 Å². The van der Waals surface area contributed by atoms with Gasteiger partial charge in [0.2, 0.25) is 0 Å². The van der Waals surface area contributed by atoms with Gasteiger partial charge in [-0.2, -0.15) is 5.26 Å². The summed E-state index contributed by atoms with van der Waals surface area (Å²) in [5.41, 5.74) is 1.65. The molecule has 1 aliphatic carbocycles. The van der Waals surface area contributed by atoms with Crippen LogP contribution < -0.4 is 0 Å². The van der Waals surface area contributed by atoms with E-state index in [4.69, 9.17) is 5.26 Å². The van der Waals surface area contributed by atoms with Crippen LogP contribution in [-0.2, 0) is 5.41 Å². The topological polar surface area (TPSA) is 44.0 Å². The minimum Gasteiger partial charge on any atom is -0.395 e. The molecular weight excluding hydrogens is 242 g/mol. The number of aliphatic hydroxyl groups excluding tert-OH is 1. The average Bonchev–Trinajstić information content (AvgIpc) is 2.99. The second-order valence-electron chi connectivity index (χ2n) is 3.74. The Morgan fingerprint density at radius 2 is 2.21 bits per heavy atom. The summed E-state index contributed by atoms with van der Waals surface area (Å²) in [4.78, 5) is 0. The number of nitriles is 1. The van der Waals surface area contributed by atoms with Crippen LogP contribution in [0, 0.1) is 11.3 Å².